The average molecular weight is 263 g/mol. The zero-order valence-corrected chi connectivity index (χ0v) is 11.9. The molecule has 0 saturated carbocycles. The number of aliphatic hydroxyl groups excluding tert-OH is 1. The van der Waals surface area contributed by atoms with E-state index < -0.39 is 0 Å². The van der Waals surface area contributed by atoms with Gasteiger partial charge >= 0.3 is 0 Å². The molecule has 2 rings (SSSR count). The maximum absolute atomic E-state index is 9.01. The van der Waals surface area contributed by atoms with Crippen molar-refractivity contribution in [3.8, 4) is 0 Å². The van der Waals surface area contributed by atoms with Gasteiger partial charge < -0.3 is 15.2 Å². The Morgan fingerprint density at radius 3 is 2.53 bits per heavy atom. The molecule has 3 atom stereocenters. The van der Waals surface area contributed by atoms with E-state index in [1.807, 2.05) is 24.3 Å². The van der Waals surface area contributed by atoms with E-state index in [1.165, 1.54) is 12.0 Å². The van der Waals surface area contributed by atoms with Crippen molar-refractivity contribution in [2.45, 2.75) is 64.5 Å². The summed E-state index contributed by atoms with van der Waals surface area (Å²) in [4.78, 5) is 0. The van der Waals surface area contributed by atoms with E-state index in [-0.39, 0.29) is 6.61 Å². The molecule has 1 aromatic carbocycles. The summed E-state index contributed by atoms with van der Waals surface area (Å²) in [6.07, 6.45) is 3.75. The Labute approximate surface area is 116 Å². The van der Waals surface area contributed by atoms with Gasteiger partial charge in [0.05, 0.1) is 19.3 Å². The molecule has 19 heavy (non-hydrogen) atoms. The number of aliphatic hydroxyl groups is 1. The first-order chi connectivity index (χ1) is 9.22. The lowest BCUT2D eigenvalue weighted by molar-refractivity contribution is -0.0107. The number of benzene rings is 1. The summed E-state index contributed by atoms with van der Waals surface area (Å²) in [5, 5.41) is 12.6. The van der Waals surface area contributed by atoms with Crippen LogP contribution in [0.2, 0.25) is 0 Å². The van der Waals surface area contributed by atoms with Crippen molar-refractivity contribution in [3.05, 3.63) is 35.4 Å². The fourth-order valence-electron chi connectivity index (χ4n) is 2.70. The molecular formula is C16H25NO2. The molecule has 0 aliphatic carbocycles. The van der Waals surface area contributed by atoms with Gasteiger partial charge in [0.15, 0.2) is 0 Å². The van der Waals surface area contributed by atoms with Gasteiger partial charge in [0.1, 0.15) is 0 Å². The van der Waals surface area contributed by atoms with Crippen LogP contribution >= 0.6 is 0 Å². The summed E-state index contributed by atoms with van der Waals surface area (Å²) in [6, 6.07) is 9.06. The van der Waals surface area contributed by atoms with Crippen LogP contribution in [0, 0.1) is 0 Å². The molecule has 2 N–H and O–H groups in total. The Morgan fingerprint density at radius 2 is 1.89 bits per heavy atom. The van der Waals surface area contributed by atoms with Gasteiger partial charge in [-0.25, -0.2) is 0 Å². The minimum Gasteiger partial charge on any atom is -0.392 e. The third-order valence-electron chi connectivity index (χ3n) is 3.94. The first kappa shape index (κ1) is 14.5. The Hall–Kier alpha value is -0.900. The Bertz CT molecular complexity index is 377. The molecule has 0 aromatic heterocycles. The van der Waals surface area contributed by atoms with Crippen molar-refractivity contribution in [1.29, 1.82) is 0 Å². The minimum absolute atomic E-state index is 0.101. The predicted molar refractivity (Wildman–Crippen MR) is 76.9 cm³/mol. The SMILES string of the molecule is CCC1NC(C)CCC1OCc1ccc(CO)cc1. The summed E-state index contributed by atoms with van der Waals surface area (Å²) < 4.78 is 6.07. The molecule has 1 saturated heterocycles. The molecule has 1 heterocycles. The van der Waals surface area contributed by atoms with Gasteiger partial charge in [-0.2, -0.15) is 0 Å². The van der Waals surface area contributed by atoms with E-state index in [0.717, 1.165) is 18.4 Å². The third kappa shape index (κ3) is 4.03. The van der Waals surface area contributed by atoms with E-state index in [0.29, 0.717) is 24.8 Å². The molecule has 0 bridgehead atoms. The zero-order chi connectivity index (χ0) is 13.7. The van der Waals surface area contributed by atoms with Crippen LogP contribution in [0.3, 0.4) is 0 Å². The number of hydrogen-bond acceptors (Lipinski definition) is 3. The first-order valence-corrected chi connectivity index (χ1v) is 7.29. The maximum Gasteiger partial charge on any atom is 0.0733 e. The van der Waals surface area contributed by atoms with Crippen molar-refractivity contribution in [2.24, 2.45) is 0 Å². The fraction of sp³-hybridized carbons (Fsp3) is 0.625. The second-order valence-corrected chi connectivity index (χ2v) is 5.48. The Morgan fingerprint density at radius 1 is 1.21 bits per heavy atom. The first-order valence-electron chi connectivity index (χ1n) is 7.29. The maximum atomic E-state index is 9.01. The molecule has 0 spiro atoms. The van der Waals surface area contributed by atoms with Crippen LogP contribution in [0.15, 0.2) is 24.3 Å². The van der Waals surface area contributed by atoms with E-state index in [1.54, 1.807) is 0 Å². The van der Waals surface area contributed by atoms with Crippen molar-refractivity contribution in [1.82, 2.24) is 5.32 Å². The van der Waals surface area contributed by atoms with E-state index in [9.17, 15) is 0 Å². The van der Waals surface area contributed by atoms with E-state index in [4.69, 9.17) is 9.84 Å². The highest BCUT2D eigenvalue weighted by Gasteiger charge is 2.27. The zero-order valence-electron chi connectivity index (χ0n) is 11.9. The normalized spacial score (nSPS) is 27.4. The van der Waals surface area contributed by atoms with Gasteiger partial charge in [-0.15, -0.1) is 0 Å². The predicted octanol–water partition coefficient (Wildman–Crippen LogP) is 2.61. The van der Waals surface area contributed by atoms with E-state index in [2.05, 4.69) is 19.2 Å². The van der Waals surface area contributed by atoms with Gasteiger partial charge in [0.2, 0.25) is 0 Å². The lowest BCUT2D eigenvalue weighted by Gasteiger charge is -2.35. The second kappa shape index (κ2) is 7.04. The molecule has 3 unspecified atom stereocenters. The number of nitrogens with one attached hydrogen (secondary N) is 1. The van der Waals surface area contributed by atoms with Gasteiger partial charge in [-0.1, -0.05) is 31.2 Å². The van der Waals surface area contributed by atoms with Crippen LogP contribution in [-0.2, 0) is 18.0 Å². The summed E-state index contributed by atoms with van der Waals surface area (Å²) >= 11 is 0. The molecule has 1 aromatic rings. The summed E-state index contributed by atoms with van der Waals surface area (Å²) in [5.41, 5.74) is 2.12. The fourth-order valence-corrected chi connectivity index (χ4v) is 2.70. The van der Waals surface area contributed by atoms with Crippen LogP contribution < -0.4 is 5.32 Å². The number of rotatable bonds is 5. The van der Waals surface area contributed by atoms with Gasteiger partial charge in [-0.05, 0) is 37.3 Å². The van der Waals surface area contributed by atoms with Gasteiger partial charge in [0.25, 0.3) is 0 Å². The van der Waals surface area contributed by atoms with E-state index >= 15 is 0 Å². The molecule has 1 aliphatic heterocycles. The van der Waals surface area contributed by atoms with Crippen molar-refractivity contribution >= 4 is 0 Å². The molecule has 3 nitrogen and oxygen atoms in total. The summed E-state index contributed by atoms with van der Waals surface area (Å²) in [7, 11) is 0. The second-order valence-electron chi connectivity index (χ2n) is 5.48. The van der Waals surface area contributed by atoms with Crippen LogP contribution in [0.1, 0.15) is 44.2 Å². The topological polar surface area (TPSA) is 41.5 Å². The van der Waals surface area contributed by atoms with Crippen LogP contribution in [-0.4, -0.2) is 23.3 Å². The number of ether oxygens (including phenoxy) is 1. The largest absolute Gasteiger partial charge is 0.392 e. The molecule has 0 amide bonds. The number of piperidine rings is 1. The highest BCUT2D eigenvalue weighted by molar-refractivity contribution is 5.21. The van der Waals surface area contributed by atoms with Crippen LogP contribution in [0.25, 0.3) is 0 Å². The van der Waals surface area contributed by atoms with Crippen LogP contribution in [0.4, 0.5) is 0 Å². The van der Waals surface area contributed by atoms with Crippen LogP contribution in [0.5, 0.6) is 0 Å². The molecule has 1 aliphatic rings. The van der Waals surface area contributed by atoms with Crippen molar-refractivity contribution in [3.63, 3.8) is 0 Å². The molecular weight excluding hydrogens is 238 g/mol. The monoisotopic (exact) mass is 263 g/mol. The standard InChI is InChI=1S/C16H25NO2/c1-3-15-16(9-4-12(2)17-15)19-11-14-7-5-13(10-18)6-8-14/h5-8,12,15-18H,3-4,9-11H2,1-2H3. The molecule has 106 valence electrons. The smallest absolute Gasteiger partial charge is 0.0733 e. The summed E-state index contributed by atoms with van der Waals surface area (Å²) in [5.74, 6) is 0. The number of hydrogen-bond donors (Lipinski definition) is 2. The minimum atomic E-state index is 0.101. The Balaban J connectivity index is 1.86. The lowest BCUT2D eigenvalue weighted by atomic mass is 9.95. The van der Waals surface area contributed by atoms with Crippen molar-refractivity contribution in [2.75, 3.05) is 0 Å². The highest BCUT2D eigenvalue weighted by Crippen LogP contribution is 2.20. The molecule has 1 fully saturated rings. The highest BCUT2D eigenvalue weighted by atomic mass is 16.5. The molecule has 0 radical (unpaired) electrons. The average Bonchev–Trinajstić information content (AvgIpc) is 2.46. The van der Waals surface area contributed by atoms with Gasteiger partial charge in [0, 0.05) is 12.1 Å². The van der Waals surface area contributed by atoms with Gasteiger partial charge in [-0.3, -0.25) is 0 Å². The molecule has 3 heteroatoms. The summed E-state index contributed by atoms with van der Waals surface area (Å²) in [6.45, 7) is 5.21. The Kier molecular flexibility index (Phi) is 5.37. The third-order valence-corrected chi connectivity index (χ3v) is 3.94. The lowest BCUT2D eigenvalue weighted by Crippen LogP contribution is -2.49. The quantitative estimate of drug-likeness (QED) is 0.858. The van der Waals surface area contributed by atoms with Crippen molar-refractivity contribution < 1.29 is 9.84 Å².